The van der Waals surface area contributed by atoms with Crippen molar-refractivity contribution in [2.75, 3.05) is 5.75 Å². The van der Waals surface area contributed by atoms with Crippen LogP contribution in [-0.2, 0) is 23.6 Å². The van der Waals surface area contributed by atoms with Crippen molar-refractivity contribution in [2.24, 2.45) is 12.8 Å². The summed E-state index contributed by atoms with van der Waals surface area (Å²) in [7, 11) is 0.845. The fourth-order valence-electron chi connectivity index (χ4n) is 0.947. The zero-order valence-corrected chi connectivity index (χ0v) is 8.62. The van der Waals surface area contributed by atoms with Crippen LogP contribution in [0.5, 0.6) is 0 Å². The number of aryl methyl sites for hydroxylation is 1. The molecule has 13 heavy (non-hydrogen) atoms. The third-order valence-corrected chi connectivity index (χ3v) is 3.02. The third kappa shape index (κ3) is 3.23. The van der Waals surface area contributed by atoms with Gasteiger partial charge in [0.2, 0.25) is 0 Å². The van der Waals surface area contributed by atoms with Crippen LogP contribution in [0.2, 0.25) is 0 Å². The summed E-state index contributed by atoms with van der Waals surface area (Å²) in [6.45, 7) is 1.84. The lowest BCUT2D eigenvalue weighted by molar-refractivity contribution is 0.668. The van der Waals surface area contributed by atoms with Gasteiger partial charge in [0.1, 0.15) is 12.2 Å². The second kappa shape index (κ2) is 4.48. The first-order valence-corrected chi connectivity index (χ1v) is 5.52. The summed E-state index contributed by atoms with van der Waals surface area (Å²) in [6.07, 6.45) is 1.46. The molecule has 0 fully saturated rings. The van der Waals surface area contributed by atoms with Crippen LogP contribution in [0.3, 0.4) is 0 Å². The number of nitrogens with two attached hydrogens (primary N) is 1. The van der Waals surface area contributed by atoms with Gasteiger partial charge in [0, 0.05) is 29.6 Å². The lowest BCUT2D eigenvalue weighted by Gasteiger charge is -2.04. The van der Waals surface area contributed by atoms with Crippen molar-refractivity contribution >= 4 is 10.8 Å². The number of hydrogen-bond acceptors (Lipinski definition) is 4. The van der Waals surface area contributed by atoms with E-state index in [9.17, 15) is 4.21 Å². The molecule has 0 saturated carbocycles. The van der Waals surface area contributed by atoms with E-state index >= 15 is 0 Å². The van der Waals surface area contributed by atoms with Crippen LogP contribution in [-0.4, -0.2) is 30.8 Å². The normalized spacial score (nSPS) is 15.6. The van der Waals surface area contributed by atoms with Gasteiger partial charge in [0.05, 0.1) is 5.75 Å². The van der Waals surface area contributed by atoms with E-state index in [-0.39, 0.29) is 6.04 Å². The third-order valence-electron chi connectivity index (χ3n) is 1.54. The largest absolute Gasteiger partial charge is 0.327 e. The van der Waals surface area contributed by atoms with Crippen molar-refractivity contribution in [3.8, 4) is 0 Å². The molecule has 2 N–H and O–H groups in total. The van der Waals surface area contributed by atoms with Crippen molar-refractivity contribution < 1.29 is 4.21 Å². The Kier molecular flexibility index (Phi) is 3.56. The van der Waals surface area contributed by atoms with Gasteiger partial charge >= 0.3 is 0 Å². The van der Waals surface area contributed by atoms with Gasteiger partial charge in [-0.3, -0.25) is 8.89 Å². The Labute approximate surface area is 79.8 Å². The minimum absolute atomic E-state index is 0.0333. The molecule has 1 aromatic rings. The SMILES string of the molecule is CC(N)CS(=O)Cc1ncnn1C. The van der Waals surface area contributed by atoms with E-state index in [1.807, 2.05) is 6.92 Å². The van der Waals surface area contributed by atoms with E-state index < -0.39 is 10.8 Å². The van der Waals surface area contributed by atoms with Crippen molar-refractivity contribution in [1.82, 2.24) is 14.8 Å². The maximum Gasteiger partial charge on any atom is 0.139 e. The monoisotopic (exact) mass is 202 g/mol. The average Bonchev–Trinajstić information content (AvgIpc) is 2.34. The zero-order chi connectivity index (χ0) is 9.84. The molecule has 0 aliphatic rings. The average molecular weight is 202 g/mol. The maximum atomic E-state index is 11.4. The molecule has 6 heteroatoms. The highest BCUT2D eigenvalue weighted by molar-refractivity contribution is 7.84. The Morgan fingerprint density at radius 1 is 1.77 bits per heavy atom. The van der Waals surface area contributed by atoms with E-state index in [2.05, 4.69) is 10.1 Å². The predicted octanol–water partition coefficient (Wildman–Crippen LogP) is -0.589. The van der Waals surface area contributed by atoms with Crippen LogP contribution >= 0.6 is 0 Å². The number of aromatic nitrogens is 3. The zero-order valence-electron chi connectivity index (χ0n) is 7.80. The number of rotatable bonds is 4. The van der Waals surface area contributed by atoms with Gasteiger partial charge in [-0.25, -0.2) is 4.98 Å². The second-order valence-electron chi connectivity index (χ2n) is 3.03. The van der Waals surface area contributed by atoms with Crippen LogP contribution < -0.4 is 5.73 Å². The standard InChI is InChI=1S/C7H14N4OS/c1-6(8)3-13(12)4-7-9-5-10-11(7)2/h5-6H,3-4,8H2,1-2H3. The van der Waals surface area contributed by atoms with Crippen LogP contribution in [0.15, 0.2) is 6.33 Å². The van der Waals surface area contributed by atoms with Crippen molar-refractivity contribution in [3.05, 3.63) is 12.2 Å². The molecule has 0 aromatic carbocycles. The highest BCUT2D eigenvalue weighted by Gasteiger charge is 2.08. The molecule has 0 aliphatic carbocycles. The Balaban J connectivity index is 2.50. The summed E-state index contributed by atoms with van der Waals surface area (Å²) < 4.78 is 13.0. The first-order valence-electron chi connectivity index (χ1n) is 4.03. The van der Waals surface area contributed by atoms with Gasteiger partial charge < -0.3 is 5.73 Å². The van der Waals surface area contributed by atoms with E-state index in [4.69, 9.17) is 5.73 Å². The molecule has 5 nitrogen and oxygen atoms in total. The van der Waals surface area contributed by atoms with Crippen LogP contribution in [0.25, 0.3) is 0 Å². The van der Waals surface area contributed by atoms with Crippen LogP contribution in [0.4, 0.5) is 0 Å². The highest BCUT2D eigenvalue weighted by atomic mass is 32.2. The highest BCUT2D eigenvalue weighted by Crippen LogP contribution is 1.98. The van der Waals surface area contributed by atoms with Crippen molar-refractivity contribution in [3.63, 3.8) is 0 Å². The molecule has 0 saturated heterocycles. The second-order valence-corrected chi connectivity index (χ2v) is 4.53. The number of nitrogens with zero attached hydrogens (tertiary/aromatic N) is 3. The lowest BCUT2D eigenvalue weighted by Crippen LogP contribution is -2.24. The molecular formula is C7H14N4OS. The smallest absolute Gasteiger partial charge is 0.139 e. The number of hydrogen-bond donors (Lipinski definition) is 1. The van der Waals surface area contributed by atoms with E-state index in [1.54, 1.807) is 11.7 Å². The lowest BCUT2D eigenvalue weighted by atomic mass is 10.4. The predicted molar refractivity (Wildman–Crippen MR) is 51.4 cm³/mol. The molecule has 0 amide bonds. The molecule has 0 radical (unpaired) electrons. The summed E-state index contributed by atoms with van der Waals surface area (Å²) in [5.41, 5.74) is 5.52. The summed E-state index contributed by atoms with van der Waals surface area (Å²) in [4.78, 5) is 3.98. The molecule has 2 unspecified atom stereocenters. The van der Waals surface area contributed by atoms with E-state index in [0.29, 0.717) is 11.5 Å². The molecule has 0 bridgehead atoms. The molecular weight excluding hydrogens is 188 g/mol. The molecule has 0 aliphatic heterocycles. The molecule has 2 atom stereocenters. The molecule has 1 aromatic heterocycles. The van der Waals surface area contributed by atoms with Gasteiger partial charge in [-0.05, 0) is 6.92 Å². The molecule has 1 heterocycles. The minimum atomic E-state index is -0.938. The van der Waals surface area contributed by atoms with Gasteiger partial charge in [0.25, 0.3) is 0 Å². The van der Waals surface area contributed by atoms with Crippen molar-refractivity contribution in [2.45, 2.75) is 18.7 Å². The summed E-state index contributed by atoms with van der Waals surface area (Å²) in [6, 6.07) is -0.0333. The van der Waals surface area contributed by atoms with Gasteiger partial charge in [-0.2, -0.15) is 5.10 Å². The van der Waals surface area contributed by atoms with E-state index in [0.717, 1.165) is 5.82 Å². The first kappa shape index (κ1) is 10.3. The van der Waals surface area contributed by atoms with Crippen molar-refractivity contribution in [1.29, 1.82) is 0 Å². The van der Waals surface area contributed by atoms with Gasteiger partial charge in [0.15, 0.2) is 0 Å². The first-order chi connectivity index (χ1) is 6.09. The quantitative estimate of drug-likeness (QED) is 0.708. The Hall–Kier alpha value is -0.750. The van der Waals surface area contributed by atoms with Crippen LogP contribution in [0, 0.1) is 0 Å². The summed E-state index contributed by atoms with van der Waals surface area (Å²) in [5.74, 6) is 1.67. The summed E-state index contributed by atoms with van der Waals surface area (Å²) >= 11 is 0. The fraction of sp³-hybridized carbons (Fsp3) is 0.714. The van der Waals surface area contributed by atoms with Gasteiger partial charge in [-0.1, -0.05) is 0 Å². The Morgan fingerprint density at radius 2 is 2.46 bits per heavy atom. The summed E-state index contributed by atoms with van der Waals surface area (Å²) in [5, 5.41) is 3.89. The Bertz CT molecular complexity index is 296. The van der Waals surface area contributed by atoms with E-state index in [1.165, 1.54) is 6.33 Å². The fourth-order valence-corrected chi connectivity index (χ4v) is 2.20. The molecule has 74 valence electrons. The molecule has 0 spiro atoms. The van der Waals surface area contributed by atoms with Crippen LogP contribution in [0.1, 0.15) is 12.7 Å². The minimum Gasteiger partial charge on any atom is -0.327 e. The topological polar surface area (TPSA) is 73.8 Å². The van der Waals surface area contributed by atoms with Gasteiger partial charge in [-0.15, -0.1) is 0 Å². The maximum absolute atomic E-state index is 11.4. The Morgan fingerprint density at radius 3 is 2.92 bits per heavy atom. The molecule has 1 rings (SSSR count).